The highest BCUT2D eigenvalue weighted by Crippen LogP contribution is 2.16. The standard InChI is InChI=1S/C11H19N5O2/c1-8(9-2-5-18-7-9)13-11(17)10-6-16(4-3-12)15-14-10/h6,8-9H,2-5,7,12H2,1H3,(H,13,17). The van der Waals surface area contributed by atoms with Crippen LogP contribution in [-0.4, -0.2) is 46.7 Å². The van der Waals surface area contributed by atoms with Crippen LogP contribution >= 0.6 is 0 Å². The van der Waals surface area contributed by atoms with Crippen LogP contribution in [0.3, 0.4) is 0 Å². The average molecular weight is 253 g/mol. The summed E-state index contributed by atoms with van der Waals surface area (Å²) >= 11 is 0. The molecule has 1 aromatic rings. The minimum absolute atomic E-state index is 0.0830. The van der Waals surface area contributed by atoms with Gasteiger partial charge in [-0.3, -0.25) is 9.48 Å². The van der Waals surface area contributed by atoms with Crippen molar-refractivity contribution in [2.45, 2.75) is 25.9 Å². The van der Waals surface area contributed by atoms with Gasteiger partial charge in [0.25, 0.3) is 5.91 Å². The van der Waals surface area contributed by atoms with E-state index < -0.39 is 0 Å². The van der Waals surface area contributed by atoms with E-state index in [0.29, 0.717) is 31.3 Å². The molecule has 0 saturated carbocycles. The van der Waals surface area contributed by atoms with Crippen LogP contribution in [0.15, 0.2) is 6.20 Å². The number of hydrogen-bond donors (Lipinski definition) is 2. The van der Waals surface area contributed by atoms with Crippen LogP contribution in [0.4, 0.5) is 0 Å². The molecule has 0 aromatic carbocycles. The Morgan fingerprint density at radius 1 is 1.78 bits per heavy atom. The lowest BCUT2D eigenvalue weighted by Gasteiger charge is -2.18. The molecule has 1 aliphatic rings. The topological polar surface area (TPSA) is 95.1 Å². The summed E-state index contributed by atoms with van der Waals surface area (Å²) in [6.45, 7) is 4.51. The average Bonchev–Trinajstić information content (AvgIpc) is 3.00. The second-order valence-electron chi connectivity index (χ2n) is 4.54. The third-order valence-electron chi connectivity index (χ3n) is 3.16. The van der Waals surface area contributed by atoms with E-state index >= 15 is 0 Å². The minimum Gasteiger partial charge on any atom is -0.381 e. The zero-order chi connectivity index (χ0) is 13.0. The van der Waals surface area contributed by atoms with Crippen LogP contribution in [0, 0.1) is 5.92 Å². The number of hydrogen-bond acceptors (Lipinski definition) is 5. The van der Waals surface area contributed by atoms with Gasteiger partial charge >= 0.3 is 0 Å². The van der Waals surface area contributed by atoms with Crippen LogP contribution in [0.2, 0.25) is 0 Å². The SMILES string of the molecule is CC(NC(=O)c1cn(CCN)nn1)C1CCOC1. The van der Waals surface area contributed by atoms with Crippen LogP contribution in [0.1, 0.15) is 23.8 Å². The minimum atomic E-state index is -0.197. The quantitative estimate of drug-likeness (QED) is 0.730. The summed E-state index contributed by atoms with van der Waals surface area (Å²) in [6.07, 6.45) is 2.60. The van der Waals surface area contributed by atoms with Gasteiger partial charge in [0.2, 0.25) is 0 Å². The van der Waals surface area contributed by atoms with Gasteiger partial charge in [-0.25, -0.2) is 0 Å². The van der Waals surface area contributed by atoms with E-state index in [0.717, 1.165) is 13.0 Å². The predicted molar refractivity (Wildman–Crippen MR) is 64.9 cm³/mol. The van der Waals surface area contributed by atoms with Crippen molar-refractivity contribution in [1.29, 1.82) is 0 Å². The van der Waals surface area contributed by atoms with Gasteiger partial charge in [0.15, 0.2) is 5.69 Å². The van der Waals surface area contributed by atoms with E-state index in [1.165, 1.54) is 0 Å². The summed E-state index contributed by atoms with van der Waals surface area (Å²) in [5.41, 5.74) is 5.73. The molecule has 0 aliphatic carbocycles. The number of ether oxygens (including phenoxy) is 1. The van der Waals surface area contributed by atoms with Crippen molar-refractivity contribution in [3.63, 3.8) is 0 Å². The Bertz CT molecular complexity index is 400. The fourth-order valence-corrected chi connectivity index (χ4v) is 1.99. The largest absolute Gasteiger partial charge is 0.381 e. The first kappa shape index (κ1) is 13.0. The molecular weight excluding hydrogens is 234 g/mol. The summed E-state index contributed by atoms with van der Waals surface area (Å²) < 4.78 is 6.87. The van der Waals surface area contributed by atoms with Crippen molar-refractivity contribution in [3.8, 4) is 0 Å². The molecule has 2 heterocycles. The maximum absolute atomic E-state index is 11.9. The Labute approximate surface area is 106 Å². The third-order valence-corrected chi connectivity index (χ3v) is 3.16. The zero-order valence-corrected chi connectivity index (χ0v) is 10.5. The molecule has 2 rings (SSSR count). The molecule has 1 aliphatic heterocycles. The smallest absolute Gasteiger partial charge is 0.273 e. The van der Waals surface area contributed by atoms with Crippen molar-refractivity contribution in [2.24, 2.45) is 11.7 Å². The van der Waals surface area contributed by atoms with Crippen molar-refractivity contribution in [2.75, 3.05) is 19.8 Å². The number of carbonyl (C=O) groups excluding carboxylic acids is 1. The van der Waals surface area contributed by atoms with Crippen LogP contribution in [0.5, 0.6) is 0 Å². The molecule has 1 aromatic heterocycles. The molecule has 0 bridgehead atoms. The molecule has 7 heteroatoms. The Morgan fingerprint density at radius 2 is 2.61 bits per heavy atom. The Morgan fingerprint density at radius 3 is 3.28 bits per heavy atom. The van der Waals surface area contributed by atoms with Crippen LogP contribution in [-0.2, 0) is 11.3 Å². The van der Waals surface area contributed by atoms with Crippen LogP contribution < -0.4 is 11.1 Å². The zero-order valence-electron chi connectivity index (χ0n) is 10.5. The molecule has 7 nitrogen and oxygen atoms in total. The fourth-order valence-electron chi connectivity index (χ4n) is 1.99. The van der Waals surface area contributed by atoms with E-state index in [2.05, 4.69) is 15.6 Å². The van der Waals surface area contributed by atoms with Gasteiger partial charge in [-0.2, -0.15) is 0 Å². The summed E-state index contributed by atoms with van der Waals surface area (Å²) in [7, 11) is 0. The number of carbonyl (C=O) groups is 1. The number of nitrogens with one attached hydrogen (secondary N) is 1. The van der Waals surface area contributed by atoms with E-state index in [9.17, 15) is 4.79 Å². The summed E-state index contributed by atoms with van der Waals surface area (Å²) in [4.78, 5) is 11.9. The van der Waals surface area contributed by atoms with E-state index in [1.54, 1.807) is 10.9 Å². The molecule has 1 fully saturated rings. The maximum atomic E-state index is 11.9. The molecule has 1 saturated heterocycles. The molecule has 3 N–H and O–H groups in total. The van der Waals surface area contributed by atoms with Crippen molar-refractivity contribution in [1.82, 2.24) is 20.3 Å². The van der Waals surface area contributed by atoms with E-state index in [1.807, 2.05) is 6.92 Å². The van der Waals surface area contributed by atoms with Gasteiger partial charge < -0.3 is 15.8 Å². The van der Waals surface area contributed by atoms with E-state index in [-0.39, 0.29) is 11.9 Å². The highest BCUT2D eigenvalue weighted by atomic mass is 16.5. The summed E-state index contributed by atoms with van der Waals surface area (Å²) in [6, 6.07) is 0.0830. The van der Waals surface area contributed by atoms with E-state index in [4.69, 9.17) is 10.5 Å². The third kappa shape index (κ3) is 3.05. The lowest BCUT2D eigenvalue weighted by molar-refractivity contribution is 0.0917. The molecule has 0 spiro atoms. The molecule has 0 radical (unpaired) electrons. The summed E-state index contributed by atoms with van der Waals surface area (Å²) in [5, 5.41) is 10.6. The Balaban J connectivity index is 1.89. The first-order valence-corrected chi connectivity index (χ1v) is 6.19. The lowest BCUT2D eigenvalue weighted by Crippen LogP contribution is -2.38. The Hall–Kier alpha value is -1.47. The molecule has 1 amide bonds. The molecule has 2 atom stereocenters. The first-order chi connectivity index (χ1) is 8.70. The molecule has 18 heavy (non-hydrogen) atoms. The highest BCUT2D eigenvalue weighted by Gasteiger charge is 2.24. The van der Waals surface area contributed by atoms with Crippen molar-refractivity contribution >= 4 is 5.91 Å². The number of nitrogens with two attached hydrogens (primary N) is 1. The predicted octanol–water partition coefficient (Wildman–Crippen LogP) is -0.608. The number of nitrogens with zero attached hydrogens (tertiary/aromatic N) is 3. The van der Waals surface area contributed by atoms with Gasteiger partial charge in [0, 0.05) is 25.1 Å². The maximum Gasteiger partial charge on any atom is 0.273 e. The fraction of sp³-hybridized carbons (Fsp3) is 0.727. The summed E-state index contributed by atoms with van der Waals surface area (Å²) in [5.74, 6) is 0.186. The van der Waals surface area contributed by atoms with Gasteiger partial charge in [-0.05, 0) is 13.3 Å². The molecular formula is C11H19N5O2. The van der Waals surface area contributed by atoms with Gasteiger partial charge in [-0.15, -0.1) is 5.10 Å². The number of aromatic nitrogens is 3. The normalized spacial score (nSPS) is 20.9. The van der Waals surface area contributed by atoms with Crippen molar-refractivity contribution < 1.29 is 9.53 Å². The number of rotatable bonds is 5. The molecule has 100 valence electrons. The molecule has 2 unspecified atom stereocenters. The Kier molecular flexibility index (Phi) is 4.27. The van der Waals surface area contributed by atoms with Crippen LogP contribution in [0.25, 0.3) is 0 Å². The van der Waals surface area contributed by atoms with Gasteiger partial charge in [-0.1, -0.05) is 5.21 Å². The highest BCUT2D eigenvalue weighted by molar-refractivity contribution is 5.92. The first-order valence-electron chi connectivity index (χ1n) is 6.19. The van der Waals surface area contributed by atoms with Crippen molar-refractivity contribution in [3.05, 3.63) is 11.9 Å². The second-order valence-corrected chi connectivity index (χ2v) is 4.54. The lowest BCUT2D eigenvalue weighted by atomic mass is 10.0. The van der Waals surface area contributed by atoms with Gasteiger partial charge in [0.1, 0.15) is 0 Å². The monoisotopic (exact) mass is 253 g/mol. The second kappa shape index (κ2) is 5.92. The number of amides is 1. The van der Waals surface area contributed by atoms with Gasteiger partial charge in [0.05, 0.1) is 19.3 Å².